The molecule has 0 saturated carbocycles. The van der Waals surface area contributed by atoms with Crippen molar-refractivity contribution in [3.63, 3.8) is 0 Å². The molecule has 0 spiro atoms. The predicted octanol–water partition coefficient (Wildman–Crippen LogP) is 3.26. The van der Waals surface area contributed by atoms with E-state index in [2.05, 4.69) is 20.3 Å². The number of rotatable bonds is 6. The highest BCUT2D eigenvalue weighted by Gasteiger charge is 2.31. The zero-order valence-electron chi connectivity index (χ0n) is 15.6. The standard InChI is InChI=1S/C18H16F3N7OS/c1-10-14(28(23)8-13(22)15-7-24-9-30-15)4-11(6-26-10)17(29)27-16-5-12(2-3-25-16)18(19,20)21/h2-7,9,22H,8,23H2,1H3,(H,25,27,29). The van der Waals surface area contributed by atoms with E-state index in [0.717, 1.165) is 18.3 Å². The van der Waals surface area contributed by atoms with Crippen molar-refractivity contribution < 1.29 is 18.0 Å². The van der Waals surface area contributed by atoms with Crippen LogP contribution in [-0.2, 0) is 6.18 Å². The summed E-state index contributed by atoms with van der Waals surface area (Å²) >= 11 is 1.30. The third-order valence-electron chi connectivity index (χ3n) is 4.02. The Balaban J connectivity index is 1.77. The average Bonchev–Trinajstić information content (AvgIpc) is 3.22. The Hall–Kier alpha value is -3.38. The second-order valence-corrected chi connectivity index (χ2v) is 7.07. The summed E-state index contributed by atoms with van der Waals surface area (Å²) in [5, 5.41) is 11.7. The third kappa shape index (κ3) is 4.96. The Morgan fingerprint density at radius 2 is 2.07 bits per heavy atom. The van der Waals surface area contributed by atoms with Gasteiger partial charge in [-0.05, 0) is 25.1 Å². The van der Waals surface area contributed by atoms with Crippen LogP contribution in [0.2, 0.25) is 0 Å². The summed E-state index contributed by atoms with van der Waals surface area (Å²) in [6.45, 7) is 1.73. The number of hydrogen-bond acceptors (Lipinski definition) is 8. The van der Waals surface area contributed by atoms with Crippen molar-refractivity contribution >= 4 is 34.5 Å². The highest BCUT2D eigenvalue weighted by Crippen LogP contribution is 2.30. The molecule has 0 radical (unpaired) electrons. The number of halogens is 3. The zero-order chi connectivity index (χ0) is 21.9. The fourth-order valence-electron chi connectivity index (χ4n) is 2.50. The topological polar surface area (TPSA) is 121 Å². The lowest BCUT2D eigenvalue weighted by Gasteiger charge is -2.21. The van der Waals surface area contributed by atoms with E-state index in [1.807, 2.05) is 0 Å². The van der Waals surface area contributed by atoms with Gasteiger partial charge in [-0.1, -0.05) is 0 Å². The van der Waals surface area contributed by atoms with Gasteiger partial charge in [0, 0.05) is 18.6 Å². The predicted molar refractivity (Wildman–Crippen MR) is 107 cm³/mol. The van der Waals surface area contributed by atoms with Crippen molar-refractivity contribution in [2.75, 3.05) is 16.9 Å². The maximum Gasteiger partial charge on any atom is 0.416 e. The summed E-state index contributed by atoms with van der Waals surface area (Å²) in [5.74, 6) is 5.12. The average molecular weight is 435 g/mol. The van der Waals surface area contributed by atoms with Gasteiger partial charge in [-0.15, -0.1) is 11.3 Å². The third-order valence-corrected chi connectivity index (χ3v) is 4.85. The minimum absolute atomic E-state index is 0.0466. The number of nitrogens with two attached hydrogens (primary N) is 1. The molecule has 3 rings (SSSR count). The minimum Gasteiger partial charge on any atom is -0.307 e. The molecule has 4 N–H and O–H groups in total. The molecule has 12 heteroatoms. The number of aryl methyl sites for hydroxylation is 1. The van der Waals surface area contributed by atoms with Gasteiger partial charge in [-0.3, -0.25) is 14.8 Å². The normalized spacial score (nSPS) is 11.2. The van der Waals surface area contributed by atoms with Gasteiger partial charge in [0.2, 0.25) is 0 Å². The van der Waals surface area contributed by atoms with Gasteiger partial charge in [0.05, 0.1) is 45.2 Å². The maximum absolute atomic E-state index is 12.8. The van der Waals surface area contributed by atoms with Gasteiger partial charge in [-0.2, -0.15) is 13.2 Å². The van der Waals surface area contributed by atoms with Gasteiger partial charge in [0.15, 0.2) is 0 Å². The van der Waals surface area contributed by atoms with E-state index in [4.69, 9.17) is 11.3 Å². The zero-order valence-corrected chi connectivity index (χ0v) is 16.4. The first-order chi connectivity index (χ1) is 14.1. The Labute approximate surface area is 173 Å². The second kappa shape index (κ2) is 8.55. The number of nitrogens with zero attached hydrogens (tertiary/aromatic N) is 4. The van der Waals surface area contributed by atoms with E-state index in [-0.39, 0.29) is 23.6 Å². The van der Waals surface area contributed by atoms with E-state index in [0.29, 0.717) is 16.3 Å². The van der Waals surface area contributed by atoms with Crippen LogP contribution in [0.5, 0.6) is 0 Å². The quantitative estimate of drug-likeness (QED) is 0.310. The number of pyridine rings is 2. The minimum atomic E-state index is -4.55. The fourth-order valence-corrected chi connectivity index (χ4v) is 3.06. The number of carbonyl (C=O) groups excluding carboxylic acids is 1. The van der Waals surface area contributed by atoms with Crippen LogP contribution in [0.1, 0.15) is 26.5 Å². The molecule has 8 nitrogen and oxygen atoms in total. The Kier molecular flexibility index (Phi) is 6.08. The number of aromatic nitrogens is 3. The number of thiazole rings is 1. The molecule has 3 aromatic heterocycles. The van der Waals surface area contributed by atoms with Crippen molar-refractivity contribution in [2.45, 2.75) is 13.1 Å². The molecular weight excluding hydrogens is 419 g/mol. The van der Waals surface area contributed by atoms with Crippen LogP contribution in [0, 0.1) is 12.3 Å². The molecule has 0 aliphatic carbocycles. The molecule has 0 aliphatic rings. The number of amides is 1. The number of anilines is 2. The molecule has 3 heterocycles. The number of carbonyl (C=O) groups is 1. The van der Waals surface area contributed by atoms with Gasteiger partial charge in [0.1, 0.15) is 5.82 Å². The largest absolute Gasteiger partial charge is 0.416 e. The monoisotopic (exact) mass is 435 g/mol. The van der Waals surface area contributed by atoms with E-state index in [9.17, 15) is 18.0 Å². The van der Waals surface area contributed by atoms with Crippen molar-refractivity contribution in [3.05, 3.63) is 64.0 Å². The van der Waals surface area contributed by atoms with E-state index >= 15 is 0 Å². The number of alkyl halides is 3. The van der Waals surface area contributed by atoms with Crippen LogP contribution in [-0.4, -0.2) is 33.1 Å². The van der Waals surface area contributed by atoms with Crippen molar-refractivity contribution in [1.29, 1.82) is 5.41 Å². The summed E-state index contributed by atoms with van der Waals surface area (Å²) < 4.78 is 38.5. The molecule has 0 fully saturated rings. The number of hydrogen-bond donors (Lipinski definition) is 3. The molecule has 0 aromatic carbocycles. The molecule has 0 aliphatic heterocycles. The molecular formula is C18H16F3N7OS. The first-order valence-electron chi connectivity index (χ1n) is 8.45. The summed E-state index contributed by atoms with van der Waals surface area (Å²) in [6.07, 6.45) is -0.754. The molecule has 3 aromatic rings. The van der Waals surface area contributed by atoms with Gasteiger partial charge < -0.3 is 15.7 Å². The van der Waals surface area contributed by atoms with Crippen LogP contribution in [0.4, 0.5) is 24.7 Å². The summed E-state index contributed by atoms with van der Waals surface area (Å²) in [4.78, 5) is 24.9. The van der Waals surface area contributed by atoms with Crippen LogP contribution >= 0.6 is 11.3 Å². The summed E-state index contributed by atoms with van der Waals surface area (Å²) in [7, 11) is 0. The first-order valence-corrected chi connectivity index (χ1v) is 9.33. The SMILES string of the molecule is Cc1ncc(C(=O)Nc2cc(C(F)(F)F)ccn2)cc1N(N)CC(=N)c1cncs1. The van der Waals surface area contributed by atoms with Crippen LogP contribution in [0.3, 0.4) is 0 Å². The second-order valence-electron chi connectivity index (χ2n) is 6.18. The summed E-state index contributed by atoms with van der Waals surface area (Å²) in [6, 6.07) is 3.00. The van der Waals surface area contributed by atoms with Crippen molar-refractivity contribution in [2.24, 2.45) is 5.84 Å². The van der Waals surface area contributed by atoms with Crippen LogP contribution < -0.4 is 16.2 Å². The number of nitrogens with one attached hydrogen (secondary N) is 2. The van der Waals surface area contributed by atoms with E-state index in [1.165, 1.54) is 28.6 Å². The molecule has 0 unspecified atom stereocenters. The van der Waals surface area contributed by atoms with Gasteiger partial charge >= 0.3 is 6.18 Å². The highest BCUT2D eigenvalue weighted by molar-refractivity contribution is 7.11. The Morgan fingerprint density at radius 3 is 2.73 bits per heavy atom. The smallest absolute Gasteiger partial charge is 0.307 e. The molecule has 30 heavy (non-hydrogen) atoms. The molecule has 0 bridgehead atoms. The number of hydrazine groups is 1. The van der Waals surface area contributed by atoms with Gasteiger partial charge in [0.25, 0.3) is 5.91 Å². The molecule has 0 atom stereocenters. The van der Waals surface area contributed by atoms with E-state index < -0.39 is 17.6 Å². The Morgan fingerprint density at radius 1 is 1.30 bits per heavy atom. The van der Waals surface area contributed by atoms with E-state index in [1.54, 1.807) is 18.6 Å². The highest BCUT2D eigenvalue weighted by atomic mass is 32.1. The molecule has 156 valence electrons. The lowest BCUT2D eigenvalue weighted by molar-refractivity contribution is -0.137. The van der Waals surface area contributed by atoms with Crippen LogP contribution in [0.25, 0.3) is 0 Å². The molecule has 0 saturated heterocycles. The first kappa shape index (κ1) is 21.3. The summed E-state index contributed by atoms with van der Waals surface area (Å²) in [5.41, 5.74) is 1.91. The molecule has 1 amide bonds. The maximum atomic E-state index is 12.8. The van der Waals surface area contributed by atoms with Gasteiger partial charge in [-0.25, -0.2) is 10.8 Å². The fraction of sp³-hybridized carbons (Fsp3) is 0.167. The lowest BCUT2D eigenvalue weighted by atomic mass is 10.2. The lowest BCUT2D eigenvalue weighted by Crippen LogP contribution is -2.36. The Bertz CT molecular complexity index is 1070. The van der Waals surface area contributed by atoms with Crippen molar-refractivity contribution in [3.8, 4) is 0 Å². The van der Waals surface area contributed by atoms with Crippen molar-refractivity contribution in [1.82, 2.24) is 15.0 Å². The van der Waals surface area contributed by atoms with Crippen LogP contribution in [0.15, 0.2) is 42.3 Å².